The van der Waals surface area contributed by atoms with E-state index < -0.39 is 0 Å². The summed E-state index contributed by atoms with van der Waals surface area (Å²) in [6.45, 7) is 1.52. The monoisotopic (exact) mass is 273 g/mol. The van der Waals surface area contributed by atoms with Gasteiger partial charge in [-0.15, -0.1) is 0 Å². The standard InChI is InChI=1S/C16H19NO3/c1-17-14-6-12(7-15(17)10-20-9-14)11-3-4-16(19-2)13(5-11)8-18/h3-6,8,14-15H,7,9-10H2,1-2H3. The van der Waals surface area contributed by atoms with Crippen molar-refractivity contribution >= 4 is 11.9 Å². The lowest BCUT2D eigenvalue weighted by Crippen LogP contribution is -2.51. The second kappa shape index (κ2) is 5.38. The third kappa shape index (κ3) is 2.25. The van der Waals surface area contributed by atoms with Crippen molar-refractivity contribution in [1.82, 2.24) is 4.90 Å². The summed E-state index contributed by atoms with van der Waals surface area (Å²) in [7, 11) is 3.73. The Bertz CT molecular complexity index is 553. The van der Waals surface area contributed by atoms with Gasteiger partial charge in [-0.25, -0.2) is 0 Å². The molecule has 2 bridgehead atoms. The average molecular weight is 273 g/mol. The summed E-state index contributed by atoms with van der Waals surface area (Å²) in [6.07, 6.45) is 4.06. The van der Waals surface area contributed by atoms with E-state index >= 15 is 0 Å². The Morgan fingerprint density at radius 2 is 2.25 bits per heavy atom. The number of benzene rings is 1. The highest BCUT2D eigenvalue weighted by atomic mass is 16.5. The Kier molecular flexibility index (Phi) is 3.59. The minimum absolute atomic E-state index is 0.333. The summed E-state index contributed by atoms with van der Waals surface area (Å²) in [5, 5.41) is 0. The molecular weight excluding hydrogens is 254 g/mol. The summed E-state index contributed by atoms with van der Waals surface area (Å²) in [5.74, 6) is 0.626. The van der Waals surface area contributed by atoms with Gasteiger partial charge in [0.1, 0.15) is 5.75 Å². The fourth-order valence-corrected chi connectivity index (χ4v) is 2.99. The van der Waals surface area contributed by atoms with Gasteiger partial charge in [0.2, 0.25) is 0 Å². The number of methoxy groups -OCH3 is 1. The quantitative estimate of drug-likeness (QED) is 0.790. The van der Waals surface area contributed by atoms with Crippen LogP contribution >= 0.6 is 0 Å². The maximum absolute atomic E-state index is 11.1. The lowest BCUT2D eigenvalue weighted by molar-refractivity contribution is -0.0221. The number of nitrogens with zero attached hydrogens (tertiary/aromatic N) is 1. The summed E-state index contributed by atoms with van der Waals surface area (Å²) < 4.78 is 10.8. The van der Waals surface area contributed by atoms with Crippen LogP contribution in [0.5, 0.6) is 5.75 Å². The van der Waals surface area contributed by atoms with E-state index in [-0.39, 0.29) is 0 Å². The predicted octanol–water partition coefficient (Wildman–Crippen LogP) is 1.99. The topological polar surface area (TPSA) is 38.8 Å². The molecular formula is C16H19NO3. The van der Waals surface area contributed by atoms with E-state index in [2.05, 4.69) is 18.0 Å². The van der Waals surface area contributed by atoms with E-state index in [1.54, 1.807) is 7.11 Å². The Morgan fingerprint density at radius 3 is 2.95 bits per heavy atom. The van der Waals surface area contributed by atoms with Crippen molar-refractivity contribution in [3.8, 4) is 5.75 Å². The molecule has 0 saturated carbocycles. The SMILES string of the molecule is COc1ccc(C2=CC3COCC(C2)N3C)cc1C=O. The average Bonchev–Trinajstić information content (AvgIpc) is 2.46. The molecule has 2 heterocycles. The van der Waals surface area contributed by atoms with Crippen molar-refractivity contribution in [2.24, 2.45) is 0 Å². The van der Waals surface area contributed by atoms with Gasteiger partial charge in [-0.2, -0.15) is 0 Å². The van der Waals surface area contributed by atoms with Crippen LogP contribution in [0.1, 0.15) is 22.3 Å². The third-order valence-corrected chi connectivity index (χ3v) is 4.27. The van der Waals surface area contributed by atoms with Crippen LogP contribution in [-0.2, 0) is 4.74 Å². The van der Waals surface area contributed by atoms with Gasteiger partial charge in [-0.1, -0.05) is 12.1 Å². The number of hydrogen-bond acceptors (Lipinski definition) is 4. The van der Waals surface area contributed by atoms with Crippen LogP contribution in [0.3, 0.4) is 0 Å². The maximum atomic E-state index is 11.1. The highest BCUT2D eigenvalue weighted by Gasteiger charge is 2.32. The zero-order valence-corrected chi connectivity index (χ0v) is 11.8. The Balaban J connectivity index is 1.95. The van der Waals surface area contributed by atoms with Crippen LogP contribution in [0.2, 0.25) is 0 Å². The van der Waals surface area contributed by atoms with Crippen molar-refractivity contribution < 1.29 is 14.3 Å². The van der Waals surface area contributed by atoms with Crippen molar-refractivity contribution in [2.75, 3.05) is 27.4 Å². The first-order valence-corrected chi connectivity index (χ1v) is 6.87. The molecule has 2 aliphatic rings. The number of carbonyl (C=O) groups is 1. The molecule has 1 saturated heterocycles. The van der Waals surface area contributed by atoms with Crippen molar-refractivity contribution in [3.63, 3.8) is 0 Å². The number of carbonyl (C=O) groups excluding carboxylic acids is 1. The van der Waals surface area contributed by atoms with Crippen LogP contribution in [0.15, 0.2) is 24.3 Å². The molecule has 2 atom stereocenters. The van der Waals surface area contributed by atoms with Crippen LogP contribution in [0, 0.1) is 0 Å². The first kappa shape index (κ1) is 13.3. The molecule has 1 aromatic rings. The molecule has 20 heavy (non-hydrogen) atoms. The highest BCUT2D eigenvalue weighted by Crippen LogP contribution is 2.33. The maximum Gasteiger partial charge on any atom is 0.153 e. The molecule has 0 aromatic heterocycles. The summed E-state index contributed by atoms with van der Waals surface area (Å²) in [4.78, 5) is 13.5. The molecule has 3 rings (SSSR count). The van der Waals surface area contributed by atoms with Gasteiger partial charge in [0.15, 0.2) is 6.29 Å². The molecule has 0 radical (unpaired) electrons. The number of fused-ring (bicyclic) bond motifs is 2. The largest absolute Gasteiger partial charge is 0.496 e. The molecule has 1 aromatic carbocycles. The minimum atomic E-state index is 0.333. The molecule has 2 aliphatic heterocycles. The lowest BCUT2D eigenvalue weighted by atomic mass is 9.89. The molecule has 4 nitrogen and oxygen atoms in total. The smallest absolute Gasteiger partial charge is 0.153 e. The molecule has 0 amide bonds. The Morgan fingerprint density at radius 1 is 1.40 bits per heavy atom. The second-order valence-corrected chi connectivity index (χ2v) is 5.39. The highest BCUT2D eigenvalue weighted by molar-refractivity contribution is 5.82. The van der Waals surface area contributed by atoms with Crippen LogP contribution in [-0.4, -0.2) is 50.6 Å². The van der Waals surface area contributed by atoms with Crippen LogP contribution in [0.25, 0.3) is 5.57 Å². The number of ether oxygens (including phenoxy) is 2. The minimum Gasteiger partial charge on any atom is -0.496 e. The normalized spacial score (nSPS) is 26.0. The fraction of sp³-hybridized carbons (Fsp3) is 0.438. The van der Waals surface area contributed by atoms with E-state index in [0.717, 1.165) is 31.5 Å². The molecule has 1 fully saturated rings. The van der Waals surface area contributed by atoms with Gasteiger partial charge in [-0.3, -0.25) is 9.69 Å². The van der Waals surface area contributed by atoms with Gasteiger partial charge < -0.3 is 9.47 Å². The van der Waals surface area contributed by atoms with Gasteiger partial charge >= 0.3 is 0 Å². The van der Waals surface area contributed by atoms with Gasteiger partial charge in [0.25, 0.3) is 0 Å². The molecule has 4 heteroatoms. The van der Waals surface area contributed by atoms with Gasteiger partial charge in [0.05, 0.1) is 31.9 Å². The molecule has 0 spiro atoms. The van der Waals surface area contributed by atoms with Crippen molar-refractivity contribution in [3.05, 3.63) is 35.4 Å². The third-order valence-electron chi connectivity index (χ3n) is 4.27. The molecule has 0 N–H and O–H groups in total. The van der Waals surface area contributed by atoms with E-state index in [4.69, 9.17) is 9.47 Å². The van der Waals surface area contributed by atoms with E-state index in [1.807, 2.05) is 18.2 Å². The summed E-state index contributed by atoms with van der Waals surface area (Å²) in [6, 6.07) is 6.57. The van der Waals surface area contributed by atoms with E-state index in [0.29, 0.717) is 23.4 Å². The predicted molar refractivity (Wildman–Crippen MR) is 77.1 cm³/mol. The van der Waals surface area contributed by atoms with Crippen LogP contribution < -0.4 is 4.74 Å². The number of morpholine rings is 1. The zero-order chi connectivity index (χ0) is 14.1. The van der Waals surface area contributed by atoms with Gasteiger partial charge in [-0.05, 0) is 36.7 Å². The van der Waals surface area contributed by atoms with Crippen LogP contribution in [0.4, 0.5) is 0 Å². The second-order valence-electron chi connectivity index (χ2n) is 5.39. The molecule has 106 valence electrons. The Labute approximate surface area is 119 Å². The first-order chi connectivity index (χ1) is 9.72. The summed E-state index contributed by atoms with van der Waals surface area (Å²) >= 11 is 0. The van der Waals surface area contributed by atoms with E-state index in [9.17, 15) is 4.79 Å². The fourth-order valence-electron chi connectivity index (χ4n) is 2.99. The molecule has 2 unspecified atom stereocenters. The summed E-state index contributed by atoms with van der Waals surface area (Å²) in [5.41, 5.74) is 3.01. The van der Waals surface area contributed by atoms with Crippen molar-refractivity contribution in [1.29, 1.82) is 0 Å². The van der Waals surface area contributed by atoms with E-state index in [1.165, 1.54) is 5.57 Å². The number of likely N-dealkylation sites (N-methyl/N-ethyl adjacent to an activating group) is 1. The van der Waals surface area contributed by atoms with Gasteiger partial charge in [0, 0.05) is 6.04 Å². The van der Waals surface area contributed by atoms with Crippen molar-refractivity contribution in [2.45, 2.75) is 18.5 Å². The lowest BCUT2D eigenvalue weighted by Gasteiger charge is -2.42. The molecule has 0 aliphatic carbocycles. The Hall–Kier alpha value is -1.65. The number of rotatable bonds is 3. The number of hydrogen-bond donors (Lipinski definition) is 0. The zero-order valence-electron chi connectivity index (χ0n) is 11.8. The number of aldehydes is 1. The first-order valence-electron chi connectivity index (χ1n) is 6.87.